The van der Waals surface area contributed by atoms with Gasteiger partial charge in [-0.05, 0) is 12.1 Å². The average molecular weight is 267 g/mol. The van der Waals surface area contributed by atoms with Crippen LogP contribution in [0.25, 0.3) is 0 Å². The van der Waals surface area contributed by atoms with Gasteiger partial charge in [0.25, 0.3) is 0 Å². The van der Waals surface area contributed by atoms with Crippen molar-refractivity contribution in [3.63, 3.8) is 0 Å². The minimum atomic E-state index is -4.90. The fourth-order valence-electron chi connectivity index (χ4n) is 0.935. The van der Waals surface area contributed by atoms with Gasteiger partial charge in [-0.3, -0.25) is 0 Å². The van der Waals surface area contributed by atoms with Crippen molar-refractivity contribution >= 4 is 17.6 Å². The topological polar surface area (TPSA) is 35.5 Å². The summed E-state index contributed by atoms with van der Waals surface area (Å²) in [5.41, 5.74) is 0. The van der Waals surface area contributed by atoms with Crippen molar-refractivity contribution < 1.29 is 27.4 Å². The zero-order chi connectivity index (χ0) is 13.1. The standard InChI is InChI=1S/C10H6ClF3O3/c1-2-8(15)16-9-6(11)4-3-5-7(9)17-10(12,13)14/h2-5H,1H2. The number of para-hydroxylation sites is 1. The van der Waals surface area contributed by atoms with Crippen LogP contribution >= 0.6 is 11.6 Å². The van der Waals surface area contributed by atoms with Crippen LogP contribution in [0.2, 0.25) is 5.02 Å². The van der Waals surface area contributed by atoms with Crippen LogP contribution in [0.3, 0.4) is 0 Å². The van der Waals surface area contributed by atoms with Gasteiger partial charge in [-0.25, -0.2) is 4.79 Å². The molecule has 17 heavy (non-hydrogen) atoms. The molecule has 0 saturated carbocycles. The maximum Gasteiger partial charge on any atom is 0.573 e. The highest BCUT2D eigenvalue weighted by molar-refractivity contribution is 6.32. The first-order valence-electron chi connectivity index (χ1n) is 4.22. The zero-order valence-electron chi connectivity index (χ0n) is 8.25. The van der Waals surface area contributed by atoms with Crippen LogP contribution in [-0.2, 0) is 4.79 Å². The molecular weight excluding hydrogens is 261 g/mol. The van der Waals surface area contributed by atoms with E-state index in [1.807, 2.05) is 0 Å². The summed E-state index contributed by atoms with van der Waals surface area (Å²) in [6.45, 7) is 3.11. The van der Waals surface area contributed by atoms with Gasteiger partial charge in [-0.15, -0.1) is 13.2 Å². The second-order valence-electron chi connectivity index (χ2n) is 2.74. The molecule has 0 fully saturated rings. The Morgan fingerprint density at radius 2 is 2.06 bits per heavy atom. The van der Waals surface area contributed by atoms with Crippen LogP contribution in [0, 0.1) is 0 Å². The molecule has 0 bridgehead atoms. The minimum absolute atomic E-state index is 0.179. The highest BCUT2D eigenvalue weighted by Gasteiger charge is 2.33. The Kier molecular flexibility index (Phi) is 4.01. The molecule has 7 heteroatoms. The lowest BCUT2D eigenvalue weighted by Crippen LogP contribution is -2.18. The summed E-state index contributed by atoms with van der Waals surface area (Å²) in [5.74, 6) is -2.14. The van der Waals surface area contributed by atoms with Crippen molar-refractivity contribution in [2.24, 2.45) is 0 Å². The molecule has 0 spiro atoms. The van der Waals surface area contributed by atoms with Crippen LogP contribution in [0.15, 0.2) is 30.9 Å². The Balaban J connectivity index is 3.08. The third kappa shape index (κ3) is 3.99. The monoisotopic (exact) mass is 266 g/mol. The molecule has 1 rings (SSSR count). The number of esters is 1. The Morgan fingerprint density at radius 1 is 1.41 bits per heavy atom. The number of ether oxygens (including phenoxy) is 2. The number of benzene rings is 1. The number of rotatable bonds is 3. The van der Waals surface area contributed by atoms with Crippen LogP contribution < -0.4 is 9.47 Å². The molecule has 0 atom stereocenters. The van der Waals surface area contributed by atoms with Crippen molar-refractivity contribution in [2.75, 3.05) is 0 Å². The largest absolute Gasteiger partial charge is 0.573 e. The van der Waals surface area contributed by atoms with E-state index >= 15 is 0 Å². The van der Waals surface area contributed by atoms with Gasteiger partial charge < -0.3 is 9.47 Å². The van der Waals surface area contributed by atoms with Gasteiger partial charge in [-0.1, -0.05) is 24.2 Å². The predicted molar refractivity (Wildman–Crippen MR) is 54.0 cm³/mol. The molecule has 92 valence electrons. The van der Waals surface area contributed by atoms with E-state index < -0.39 is 23.8 Å². The molecule has 1 aromatic carbocycles. The average Bonchev–Trinajstić information content (AvgIpc) is 2.20. The molecular formula is C10H6ClF3O3. The molecule has 0 saturated heterocycles. The summed E-state index contributed by atoms with van der Waals surface area (Å²) in [7, 11) is 0. The first-order valence-corrected chi connectivity index (χ1v) is 4.60. The highest BCUT2D eigenvalue weighted by atomic mass is 35.5. The third-order valence-corrected chi connectivity index (χ3v) is 1.82. The minimum Gasteiger partial charge on any atom is -0.418 e. The molecule has 0 radical (unpaired) electrons. The van der Waals surface area contributed by atoms with Gasteiger partial charge >= 0.3 is 12.3 Å². The molecule has 0 amide bonds. The Hall–Kier alpha value is -1.69. The van der Waals surface area contributed by atoms with Crippen molar-refractivity contribution in [1.82, 2.24) is 0 Å². The lowest BCUT2D eigenvalue weighted by atomic mass is 10.3. The SMILES string of the molecule is C=CC(=O)Oc1c(Cl)cccc1OC(F)(F)F. The summed E-state index contributed by atoms with van der Waals surface area (Å²) in [6.07, 6.45) is -4.11. The normalized spacial score (nSPS) is 10.8. The van der Waals surface area contributed by atoms with Gasteiger partial charge in [0.1, 0.15) is 0 Å². The van der Waals surface area contributed by atoms with Crippen LogP contribution in [0.4, 0.5) is 13.2 Å². The van der Waals surface area contributed by atoms with Crippen LogP contribution in [0.5, 0.6) is 11.5 Å². The molecule has 0 aromatic heterocycles. The first kappa shape index (κ1) is 13.4. The smallest absolute Gasteiger partial charge is 0.418 e. The molecule has 0 N–H and O–H groups in total. The summed E-state index contributed by atoms with van der Waals surface area (Å²) in [6, 6.07) is 3.47. The third-order valence-electron chi connectivity index (χ3n) is 1.53. The van der Waals surface area contributed by atoms with Gasteiger partial charge in [-0.2, -0.15) is 0 Å². The van der Waals surface area contributed by atoms with Gasteiger partial charge in [0, 0.05) is 6.08 Å². The molecule has 0 aliphatic heterocycles. The number of alkyl halides is 3. The zero-order valence-corrected chi connectivity index (χ0v) is 9.01. The molecule has 0 aliphatic rings. The first-order chi connectivity index (χ1) is 7.83. The molecule has 3 nitrogen and oxygen atoms in total. The van der Waals surface area contributed by atoms with Crippen molar-refractivity contribution in [3.8, 4) is 11.5 Å². The van der Waals surface area contributed by atoms with E-state index in [2.05, 4.69) is 16.1 Å². The molecule has 0 heterocycles. The quantitative estimate of drug-likeness (QED) is 0.478. The summed E-state index contributed by atoms with van der Waals surface area (Å²) in [4.78, 5) is 10.9. The molecule has 1 aromatic rings. The van der Waals surface area contributed by atoms with E-state index in [1.165, 1.54) is 12.1 Å². The Morgan fingerprint density at radius 3 is 2.59 bits per heavy atom. The lowest BCUT2D eigenvalue weighted by Gasteiger charge is -2.13. The number of halogens is 4. The molecule has 0 unspecified atom stereocenters. The van der Waals surface area contributed by atoms with E-state index in [4.69, 9.17) is 11.6 Å². The van der Waals surface area contributed by atoms with E-state index in [9.17, 15) is 18.0 Å². The van der Waals surface area contributed by atoms with Crippen LogP contribution in [0.1, 0.15) is 0 Å². The fourth-order valence-corrected chi connectivity index (χ4v) is 1.14. The maximum absolute atomic E-state index is 12.0. The van der Waals surface area contributed by atoms with Crippen molar-refractivity contribution in [1.29, 1.82) is 0 Å². The number of carbonyl (C=O) groups excluding carboxylic acids is 1. The van der Waals surface area contributed by atoms with E-state index in [0.717, 1.165) is 12.1 Å². The predicted octanol–water partition coefficient (Wildman–Crippen LogP) is 3.33. The lowest BCUT2D eigenvalue weighted by molar-refractivity contribution is -0.275. The van der Waals surface area contributed by atoms with E-state index in [-0.39, 0.29) is 5.02 Å². The second kappa shape index (κ2) is 5.09. The Bertz CT molecular complexity index is 443. The Labute approximate surface area is 99.4 Å². The van der Waals surface area contributed by atoms with E-state index in [0.29, 0.717) is 0 Å². The van der Waals surface area contributed by atoms with E-state index in [1.54, 1.807) is 0 Å². The van der Waals surface area contributed by atoms with Gasteiger partial charge in [0.15, 0.2) is 11.5 Å². The summed E-state index contributed by atoms with van der Waals surface area (Å²) in [5, 5.41) is -0.179. The number of hydrogen-bond acceptors (Lipinski definition) is 3. The number of hydrogen-bond donors (Lipinski definition) is 0. The summed E-state index contributed by atoms with van der Waals surface area (Å²) >= 11 is 5.60. The van der Waals surface area contributed by atoms with Crippen molar-refractivity contribution in [3.05, 3.63) is 35.9 Å². The van der Waals surface area contributed by atoms with Gasteiger partial charge in [0.05, 0.1) is 5.02 Å². The fraction of sp³-hybridized carbons (Fsp3) is 0.100. The van der Waals surface area contributed by atoms with Crippen molar-refractivity contribution in [2.45, 2.75) is 6.36 Å². The van der Waals surface area contributed by atoms with Crippen LogP contribution in [-0.4, -0.2) is 12.3 Å². The van der Waals surface area contributed by atoms with Gasteiger partial charge in [0.2, 0.25) is 0 Å². The maximum atomic E-state index is 12.0. The number of carbonyl (C=O) groups is 1. The highest BCUT2D eigenvalue weighted by Crippen LogP contribution is 2.37. The second-order valence-corrected chi connectivity index (χ2v) is 3.15. The summed E-state index contributed by atoms with van der Waals surface area (Å²) < 4.78 is 44.4. The molecule has 0 aliphatic carbocycles.